The highest BCUT2D eigenvalue weighted by Gasteiger charge is 2.53. The van der Waals surface area contributed by atoms with Crippen molar-refractivity contribution >= 4 is 23.9 Å². The van der Waals surface area contributed by atoms with Crippen LogP contribution >= 0.6 is 0 Å². The van der Waals surface area contributed by atoms with Crippen molar-refractivity contribution in [2.75, 3.05) is 6.54 Å². The normalized spacial score (nSPS) is 40.9. The lowest BCUT2D eigenvalue weighted by Crippen LogP contribution is -2.62. The van der Waals surface area contributed by atoms with Crippen LogP contribution in [0, 0.1) is 23.7 Å². The molecule has 0 atom stereocenters. The molecule has 8 nitrogen and oxygen atoms in total. The molecule has 1 heterocycles. The van der Waals surface area contributed by atoms with Gasteiger partial charge in [0.15, 0.2) is 0 Å². The first kappa shape index (κ1) is 20.8. The van der Waals surface area contributed by atoms with Gasteiger partial charge < -0.3 is 10.6 Å². The van der Waals surface area contributed by atoms with Crippen molar-refractivity contribution in [1.29, 1.82) is 0 Å². The number of hydrogen-bond donors (Lipinski definition) is 3. The van der Waals surface area contributed by atoms with Crippen LogP contribution in [0.4, 0.5) is 9.59 Å². The van der Waals surface area contributed by atoms with E-state index in [0.717, 1.165) is 43.4 Å². The van der Waals surface area contributed by atoms with E-state index < -0.39 is 30.1 Å². The molecule has 0 aromatic carbocycles. The molecule has 6 amide bonds. The SMILES string of the molecule is CCC1CCC2(CC1)NC(=O)N(CC(=O)NC(=O)NC13CC4CC(CC(C4)C1)C3)C2=O. The molecule has 4 bridgehead atoms. The summed E-state index contributed by atoms with van der Waals surface area (Å²) < 4.78 is 0. The van der Waals surface area contributed by atoms with Crippen LogP contribution in [-0.4, -0.2) is 46.4 Å². The van der Waals surface area contributed by atoms with Gasteiger partial charge in [-0.05, 0) is 87.9 Å². The topological polar surface area (TPSA) is 108 Å². The Morgan fingerprint density at radius 2 is 1.61 bits per heavy atom. The van der Waals surface area contributed by atoms with Gasteiger partial charge >= 0.3 is 12.1 Å². The summed E-state index contributed by atoms with van der Waals surface area (Å²) in [7, 11) is 0. The third-order valence-corrected chi connectivity index (χ3v) is 8.75. The first-order valence-electron chi connectivity index (χ1n) is 12.1. The zero-order valence-electron chi connectivity index (χ0n) is 18.4. The lowest BCUT2D eigenvalue weighted by atomic mass is 9.53. The summed E-state index contributed by atoms with van der Waals surface area (Å²) in [5.41, 5.74) is -1.06. The third kappa shape index (κ3) is 3.72. The molecule has 3 N–H and O–H groups in total. The second kappa shape index (κ2) is 7.48. The van der Waals surface area contributed by atoms with E-state index in [9.17, 15) is 19.2 Å². The zero-order chi connectivity index (χ0) is 21.8. The molecule has 170 valence electrons. The number of rotatable bonds is 4. The van der Waals surface area contributed by atoms with E-state index in [1.54, 1.807) is 0 Å². The van der Waals surface area contributed by atoms with Gasteiger partial charge in [-0.15, -0.1) is 0 Å². The minimum atomic E-state index is -0.871. The second-order valence-corrected chi connectivity index (χ2v) is 11.0. The highest BCUT2D eigenvalue weighted by Crippen LogP contribution is 2.55. The van der Waals surface area contributed by atoms with Gasteiger partial charge in [-0.25, -0.2) is 9.59 Å². The van der Waals surface area contributed by atoms with Gasteiger partial charge in [-0.1, -0.05) is 13.3 Å². The van der Waals surface area contributed by atoms with Crippen LogP contribution in [0.3, 0.4) is 0 Å². The third-order valence-electron chi connectivity index (χ3n) is 8.75. The molecule has 0 unspecified atom stereocenters. The van der Waals surface area contributed by atoms with Crippen molar-refractivity contribution in [1.82, 2.24) is 20.9 Å². The molecule has 0 aromatic rings. The molecule has 1 saturated heterocycles. The Kier molecular flexibility index (Phi) is 5.01. The number of nitrogens with zero attached hydrogens (tertiary/aromatic N) is 1. The maximum Gasteiger partial charge on any atom is 0.325 e. The predicted molar refractivity (Wildman–Crippen MR) is 113 cm³/mol. The van der Waals surface area contributed by atoms with Crippen LogP contribution in [0.2, 0.25) is 0 Å². The van der Waals surface area contributed by atoms with E-state index in [-0.39, 0.29) is 11.4 Å². The van der Waals surface area contributed by atoms with Crippen molar-refractivity contribution < 1.29 is 19.2 Å². The number of hydrogen-bond acceptors (Lipinski definition) is 4. The summed E-state index contributed by atoms with van der Waals surface area (Å²) in [6.07, 6.45) is 10.9. The monoisotopic (exact) mass is 430 g/mol. The highest BCUT2D eigenvalue weighted by molar-refractivity contribution is 6.10. The molecule has 5 saturated carbocycles. The Hall–Kier alpha value is -2.12. The number of carbonyl (C=O) groups is 4. The lowest BCUT2D eigenvalue weighted by molar-refractivity contribution is -0.135. The van der Waals surface area contributed by atoms with Crippen LogP contribution < -0.4 is 16.0 Å². The summed E-state index contributed by atoms with van der Waals surface area (Å²) >= 11 is 0. The summed E-state index contributed by atoms with van der Waals surface area (Å²) in [4.78, 5) is 51.5. The van der Waals surface area contributed by atoms with E-state index in [1.807, 2.05) is 0 Å². The maximum absolute atomic E-state index is 13.0. The van der Waals surface area contributed by atoms with E-state index >= 15 is 0 Å². The van der Waals surface area contributed by atoms with Gasteiger partial charge in [-0.2, -0.15) is 0 Å². The van der Waals surface area contributed by atoms with Gasteiger partial charge in [-0.3, -0.25) is 19.8 Å². The van der Waals surface area contributed by atoms with Crippen molar-refractivity contribution in [3.8, 4) is 0 Å². The number of urea groups is 2. The van der Waals surface area contributed by atoms with Gasteiger partial charge in [0.05, 0.1) is 0 Å². The molecule has 1 aliphatic heterocycles. The zero-order valence-corrected chi connectivity index (χ0v) is 18.4. The molecular formula is C23H34N4O4. The van der Waals surface area contributed by atoms with Crippen LogP contribution in [0.25, 0.3) is 0 Å². The molecule has 0 radical (unpaired) electrons. The first-order chi connectivity index (χ1) is 14.8. The molecule has 1 spiro atoms. The van der Waals surface area contributed by atoms with Crippen molar-refractivity contribution in [2.45, 2.75) is 88.6 Å². The standard InChI is InChI=1S/C23H34N4O4/c1-2-14-3-5-23(6-4-14)19(29)27(21(31)26-23)13-18(28)24-20(30)25-22-10-15-7-16(11-22)9-17(8-15)12-22/h14-17H,2-13H2,1H3,(H,26,31)(H2,24,25,28,30). The van der Waals surface area contributed by atoms with E-state index in [0.29, 0.717) is 36.5 Å². The summed E-state index contributed by atoms with van der Waals surface area (Å²) in [5.74, 6) is 1.70. The molecule has 8 heteroatoms. The minimum Gasteiger partial charge on any atom is -0.332 e. The first-order valence-corrected chi connectivity index (χ1v) is 12.1. The van der Waals surface area contributed by atoms with Crippen molar-refractivity contribution in [2.24, 2.45) is 23.7 Å². The number of carbonyl (C=O) groups excluding carboxylic acids is 4. The Bertz CT molecular complexity index is 766. The maximum atomic E-state index is 13.0. The van der Waals surface area contributed by atoms with Gasteiger partial charge in [0.1, 0.15) is 12.1 Å². The molecule has 5 aliphatic carbocycles. The lowest BCUT2D eigenvalue weighted by Gasteiger charge is -2.56. The molecule has 6 rings (SSSR count). The second-order valence-electron chi connectivity index (χ2n) is 11.0. The van der Waals surface area contributed by atoms with E-state index in [2.05, 4.69) is 22.9 Å². The molecule has 6 aliphatic rings. The van der Waals surface area contributed by atoms with Crippen LogP contribution in [0.15, 0.2) is 0 Å². The number of imide groups is 2. The quantitative estimate of drug-likeness (QED) is 0.596. The van der Waals surface area contributed by atoms with E-state index in [1.165, 1.54) is 19.3 Å². The Labute approximate surface area is 183 Å². The summed E-state index contributed by atoms with van der Waals surface area (Å²) in [5, 5.41) is 8.30. The molecule has 0 aromatic heterocycles. The Morgan fingerprint density at radius 3 is 2.16 bits per heavy atom. The molecule has 6 fully saturated rings. The number of amides is 6. The van der Waals surface area contributed by atoms with E-state index in [4.69, 9.17) is 0 Å². The average molecular weight is 431 g/mol. The summed E-state index contributed by atoms with van der Waals surface area (Å²) in [6.45, 7) is 1.72. The largest absolute Gasteiger partial charge is 0.332 e. The fourth-order valence-corrected chi connectivity index (χ4v) is 7.58. The van der Waals surface area contributed by atoms with Crippen LogP contribution in [-0.2, 0) is 9.59 Å². The molecule has 31 heavy (non-hydrogen) atoms. The minimum absolute atomic E-state index is 0.193. The highest BCUT2D eigenvalue weighted by atomic mass is 16.2. The predicted octanol–water partition coefficient (Wildman–Crippen LogP) is 2.67. The smallest absolute Gasteiger partial charge is 0.325 e. The summed E-state index contributed by atoms with van der Waals surface area (Å²) in [6, 6.07) is -1.03. The van der Waals surface area contributed by atoms with Gasteiger partial charge in [0.25, 0.3) is 5.91 Å². The van der Waals surface area contributed by atoms with Gasteiger partial charge in [0.2, 0.25) is 5.91 Å². The Morgan fingerprint density at radius 1 is 1.03 bits per heavy atom. The van der Waals surface area contributed by atoms with Gasteiger partial charge in [0, 0.05) is 5.54 Å². The van der Waals surface area contributed by atoms with Crippen LogP contribution in [0.5, 0.6) is 0 Å². The van der Waals surface area contributed by atoms with Crippen molar-refractivity contribution in [3.05, 3.63) is 0 Å². The fourth-order valence-electron chi connectivity index (χ4n) is 7.58. The van der Waals surface area contributed by atoms with Crippen molar-refractivity contribution in [3.63, 3.8) is 0 Å². The fraction of sp³-hybridized carbons (Fsp3) is 0.826. The van der Waals surface area contributed by atoms with Crippen LogP contribution in [0.1, 0.15) is 77.6 Å². The average Bonchev–Trinajstić information content (AvgIpc) is 2.91. The molecular weight excluding hydrogens is 396 g/mol. The number of nitrogens with one attached hydrogen (secondary N) is 3. The Balaban J connectivity index is 1.16.